The average Bonchev–Trinajstić information content (AvgIpc) is 3.44. The minimum absolute atomic E-state index is 0.0270. The Morgan fingerprint density at radius 1 is 1.25 bits per heavy atom. The molecular formula is C23H21FN6OS. The number of nitrogen functional groups attached to an aromatic ring is 1. The van der Waals surface area contributed by atoms with E-state index in [0.717, 1.165) is 28.2 Å². The Balaban J connectivity index is 1.58. The monoisotopic (exact) mass is 448 g/mol. The van der Waals surface area contributed by atoms with Gasteiger partial charge in [-0.1, -0.05) is 18.7 Å². The molecule has 5 rings (SSSR count). The van der Waals surface area contributed by atoms with Crippen molar-refractivity contribution in [3.63, 3.8) is 0 Å². The van der Waals surface area contributed by atoms with Crippen LogP contribution in [0.25, 0.3) is 32.0 Å². The molecule has 0 radical (unpaired) electrons. The first-order valence-electron chi connectivity index (χ1n) is 10.3. The topological polar surface area (TPSA) is 89.9 Å². The first-order valence-corrected chi connectivity index (χ1v) is 11.1. The van der Waals surface area contributed by atoms with Gasteiger partial charge in [0.1, 0.15) is 23.7 Å². The van der Waals surface area contributed by atoms with Crippen molar-refractivity contribution in [1.82, 2.24) is 24.6 Å². The molecular weight excluding hydrogens is 427 g/mol. The number of rotatable bonds is 4. The minimum Gasteiger partial charge on any atom is -0.383 e. The molecule has 1 aliphatic rings. The highest BCUT2D eigenvalue weighted by molar-refractivity contribution is 7.18. The lowest BCUT2D eigenvalue weighted by molar-refractivity contribution is -0.127. The van der Waals surface area contributed by atoms with Crippen molar-refractivity contribution < 1.29 is 9.18 Å². The maximum atomic E-state index is 13.7. The fraction of sp³-hybridized carbons (Fsp3) is 0.217. The summed E-state index contributed by atoms with van der Waals surface area (Å²) in [6.45, 7) is 4.83. The number of benzene rings is 1. The lowest BCUT2D eigenvalue weighted by atomic mass is 10.1. The van der Waals surface area contributed by atoms with Crippen LogP contribution < -0.4 is 5.73 Å². The Morgan fingerprint density at radius 2 is 2.09 bits per heavy atom. The number of anilines is 1. The Hall–Kier alpha value is -3.59. The van der Waals surface area contributed by atoms with E-state index in [4.69, 9.17) is 10.8 Å². The van der Waals surface area contributed by atoms with E-state index in [2.05, 4.69) is 16.5 Å². The zero-order valence-corrected chi connectivity index (χ0v) is 18.1. The number of thiophene rings is 1. The van der Waals surface area contributed by atoms with Crippen molar-refractivity contribution in [2.45, 2.75) is 18.9 Å². The highest BCUT2D eigenvalue weighted by Gasteiger charge is 2.28. The van der Waals surface area contributed by atoms with Gasteiger partial charge < -0.3 is 10.6 Å². The fourth-order valence-electron chi connectivity index (χ4n) is 4.17. The van der Waals surface area contributed by atoms with Gasteiger partial charge in [-0.25, -0.2) is 19.0 Å². The molecule has 1 fully saturated rings. The Bertz CT molecular complexity index is 1330. The number of halogens is 1. The van der Waals surface area contributed by atoms with Crippen LogP contribution in [0.3, 0.4) is 0 Å². The lowest BCUT2D eigenvalue weighted by Gasteiger charge is -2.32. The summed E-state index contributed by atoms with van der Waals surface area (Å²) in [5.74, 6) is -0.00829. The third-order valence-electron chi connectivity index (χ3n) is 5.70. The summed E-state index contributed by atoms with van der Waals surface area (Å²) in [7, 11) is 0. The molecule has 1 saturated heterocycles. The van der Waals surface area contributed by atoms with E-state index in [1.165, 1.54) is 35.9 Å². The molecule has 1 amide bonds. The number of amides is 1. The van der Waals surface area contributed by atoms with Crippen LogP contribution in [0.2, 0.25) is 0 Å². The minimum atomic E-state index is -0.277. The predicted molar refractivity (Wildman–Crippen MR) is 123 cm³/mol. The van der Waals surface area contributed by atoms with E-state index in [1.54, 1.807) is 11.0 Å². The number of aromatic nitrogens is 4. The number of hydrogen-bond donors (Lipinski definition) is 1. The smallest absolute Gasteiger partial charge is 0.246 e. The first-order chi connectivity index (χ1) is 15.5. The molecule has 1 atom stereocenters. The van der Waals surface area contributed by atoms with Crippen LogP contribution in [0.5, 0.6) is 0 Å². The third-order valence-corrected chi connectivity index (χ3v) is 6.84. The van der Waals surface area contributed by atoms with E-state index < -0.39 is 0 Å². The van der Waals surface area contributed by atoms with E-state index in [1.807, 2.05) is 22.9 Å². The van der Waals surface area contributed by atoms with Crippen LogP contribution in [-0.4, -0.2) is 43.6 Å². The summed E-state index contributed by atoms with van der Waals surface area (Å²) in [6, 6.07) is 10.4. The van der Waals surface area contributed by atoms with Gasteiger partial charge in [0.2, 0.25) is 5.91 Å². The van der Waals surface area contributed by atoms with Gasteiger partial charge >= 0.3 is 0 Å². The molecule has 1 aliphatic heterocycles. The summed E-state index contributed by atoms with van der Waals surface area (Å²) in [5.41, 5.74) is 8.39. The molecule has 0 saturated carbocycles. The highest BCUT2D eigenvalue weighted by Crippen LogP contribution is 2.39. The quantitative estimate of drug-likeness (QED) is 0.470. The summed E-state index contributed by atoms with van der Waals surface area (Å²) in [4.78, 5) is 24.4. The van der Waals surface area contributed by atoms with Gasteiger partial charge in [-0.2, -0.15) is 5.10 Å². The summed E-state index contributed by atoms with van der Waals surface area (Å²) in [5, 5.41) is 5.58. The molecule has 32 heavy (non-hydrogen) atoms. The van der Waals surface area contributed by atoms with Gasteiger partial charge in [0.25, 0.3) is 0 Å². The zero-order valence-electron chi connectivity index (χ0n) is 17.2. The van der Waals surface area contributed by atoms with E-state index in [9.17, 15) is 9.18 Å². The predicted octanol–water partition coefficient (Wildman–Crippen LogP) is 4.29. The van der Waals surface area contributed by atoms with Crippen LogP contribution in [-0.2, 0) is 4.79 Å². The van der Waals surface area contributed by atoms with Crippen molar-refractivity contribution in [3.8, 4) is 21.0 Å². The van der Waals surface area contributed by atoms with Crippen LogP contribution >= 0.6 is 11.3 Å². The Morgan fingerprint density at radius 3 is 2.91 bits per heavy atom. The number of piperidine rings is 1. The number of fused-ring (bicyclic) bond motifs is 1. The van der Waals surface area contributed by atoms with Crippen LogP contribution in [0.15, 0.2) is 55.4 Å². The lowest BCUT2D eigenvalue weighted by Crippen LogP contribution is -2.40. The standard InChI is InChI=1S/C23H21FN6OS/c1-2-19(31)29-10-4-7-16(12-29)30-23-20(22(25)26-13-27-23)21(28-30)18-9-8-17(32-18)14-5-3-6-15(24)11-14/h2-3,5-6,8-9,11,13,16H,1,4,7,10,12H2,(H2,25,26,27). The van der Waals surface area contributed by atoms with Gasteiger partial charge in [-0.15, -0.1) is 11.3 Å². The number of likely N-dealkylation sites (tertiary alicyclic amines) is 1. The average molecular weight is 449 g/mol. The Labute approximate surface area is 188 Å². The van der Waals surface area contributed by atoms with Crippen molar-refractivity contribution in [2.75, 3.05) is 18.8 Å². The van der Waals surface area contributed by atoms with Crippen LogP contribution in [0, 0.1) is 5.82 Å². The van der Waals surface area contributed by atoms with E-state index in [-0.39, 0.29) is 17.8 Å². The van der Waals surface area contributed by atoms with Crippen LogP contribution in [0.1, 0.15) is 18.9 Å². The maximum Gasteiger partial charge on any atom is 0.246 e. The molecule has 1 unspecified atom stereocenters. The first kappa shape index (κ1) is 20.3. The number of hydrogen-bond acceptors (Lipinski definition) is 6. The second-order valence-electron chi connectivity index (χ2n) is 7.71. The normalized spacial score (nSPS) is 16.4. The van der Waals surface area contributed by atoms with E-state index in [0.29, 0.717) is 35.6 Å². The van der Waals surface area contributed by atoms with Gasteiger partial charge in [0.05, 0.1) is 16.3 Å². The molecule has 2 N–H and O–H groups in total. The third kappa shape index (κ3) is 3.54. The number of nitrogens with zero attached hydrogens (tertiary/aromatic N) is 5. The second kappa shape index (κ2) is 8.16. The molecule has 0 spiro atoms. The zero-order chi connectivity index (χ0) is 22.2. The summed E-state index contributed by atoms with van der Waals surface area (Å²) >= 11 is 1.51. The van der Waals surface area contributed by atoms with Gasteiger partial charge in [-0.05, 0) is 48.7 Å². The van der Waals surface area contributed by atoms with Crippen molar-refractivity contribution in [3.05, 3.63) is 61.2 Å². The number of carbonyl (C=O) groups excluding carboxylic acids is 1. The van der Waals surface area contributed by atoms with Gasteiger partial charge in [-0.3, -0.25) is 4.79 Å². The number of carbonyl (C=O) groups is 1. The molecule has 3 aromatic heterocycles. The summed E-state index contributed by atoms with van der Waals surface area (Å²) in [6.07, 6.45) is 4.51. The van der Waals surface area contributed by atoms with E-state index >= 15 is 0 Å². The molecule has 162 valence electrons. The maximum absolute atomic E-state index is 13.7. The fourth-order valence-corrected chi connectivity index (χ4v) is 5.16. The molecule has 4 aromatic rings. The highest BCUT2D eigenvalue weighted by atomic mass is 32.1. The van der Waals surface area contributed by atoms with Gasteiger partial charge in [0, 0.05) is 18.0 Å². The molecule has 1 aromatic carbocycles. The summed E-state index contributed by atoms with van der Waals surface area (Å²) < 4.78 is 15.6. The SMILES string of the molecule is C=CC(=O)N1CCCC(n2nc(-c3ccc(-c4cccc(F)c4)s3)c3c(N)ncnc32)C1. The van der Waals surface area contributed by atoms with Crippen molar-refractivity contribution in [2.24, 2.45) is 0 Å². The molecule has 0 aliphatic carbocycles. The van der Waals surface area contributed by atoms with Crippen molar-refractivity contribution >= 4 is 34.1 Å². The van der Waals surface area contributed by atoms with Crippen molar-refractivity contribution in [1.29, 1.82) is 0 Å². The molecule has 0 bridgehead atoms. The second-order valence-corrected chi connectivity index (χ2v) is 8.79. The molecule has 7 nitrogen and oxygen atoms in total. The molecule has 4 heterocycles. The van der Waals surface area contributed by atoms with Gasteiger partial charge in [0.15, 0.2) is 5.65 Å². The largest absolute Gasteiger partial charge is 0.383 e. The number of nitrogens with two attached hydrogens (primary N) is 1. The Kier molecular flexibility index (Phi) is 5.18. The molecule has 9 heteroatoms. The van der Waals surface area contributed by atoms with Crippen LogP contribution in [0.4, 0.5) is 10.2 Å².